The number of rotatable bonds is 4. The fourth-order valence-electron chi connectivity index (χ4n) is 0.810. The Balaban J connectivity index is 2.24. The smallest absolute Gasteiger partial charge is 0.389 e. The first-order valence-corrected chi connectivity index (χ1v) is 4.35. The summed E-state index contributed by atoms with van der Waals surface area (Å²) in [5.41, 5.74) is 0. The lowest BCUT2D eigenvalue weighted by molar-refractivity contribution is -0.113. The van der Waals surface area contributed by atoms with E-state index < -0.39 is 12.0 Å². The van der Waals surface area contributed by atoms with Crippen LogP contribution in [0.4, 0.5) is 4.79 Å². The van der Waals surface area contributed by atoms with Gasteiger partial charge in [0.05, 0.1) is 6.08 Å². The van der Waals surface area contributed by atoms with Crippen molar-refractivity contribution in [2.45, 2.75) is 19.8 Å². The Hall–Kier alpha value is -1.72. The fraction of sp³-hybridized carbons (Fsp3) is 0.500. The van der Waals surface area contributed by atoms with Gasteiger partial charge in [0.1, 0.15) is 0 Å². The van der Waals surface area contributed by atoms with Crippen LogP contribution in [0.2, 0.25) is 0 Å². The van der Waals surface area contributed by atoms with E-state index in [1.807, 2.05) is 6.92 Å². The first-order valence-electron chi connectivity index (χ1n) is 4.35. The summed E-state index contributed by atoms with van der Waals surface area (Å²) in [7, 11) is 0. The molecule has 0 radical (unpaired) electrons. The standard InChI is InChI=1S/C8H11N3O3/c1-2-3-4-9-8(13)14-7-5-6(12)10-11-7/h5H,2-4H2,1H3,(H,9,13). The zero-order valence-electron chi connectivity index (χ0n) is 7.82. The van der Waals surface area contributed by atoms with Crippen LogP contribution in [0.5, 0.6) is 0 Å². The van der Waals surface area contributed by atoms with E-state index in [4.69, 9.17) is 0 Å². The van der Waals surface area contributed by atoms with Crippen molar-refractivity contribution in [3.8, 4) is 0 Å². The predicted molar refractivity (Wildman–Crippen MR) is 47.3 cm³/mol. The Bertz CT molecular complexity index is 296. The van der Waals surface area contributed by atoms with Crippen molar-refractivity contribution in [3.05, 3.63) is 12.0 Å². The molecule has 6 heteroatoms. The van der Waals surface area contributed by atoms with E-state index in [2.05, 4.69) is 20.3 Å². The molecular weight excluding hydrogens is 186 g/mol. The molecule has 0 aromatic heterocycles. The van der Waals surface area contributed by atoms with Crippen LogP contribution in [0.15, 0.2) is 22.2 Å². The van der Waals surface area contributed by atoms with E-state index in [9.17, 15) is 9.59 Å². The number of hydrogen-bond donors (Lipinski definition) is 1. The second kappa shape index (κ2) is 5.11. The van der Waals surface area contributed by atoms with Crippen molar-refractivity contribution in [1.29, 1.82) is 0 Å². The van der Waals surface area contributed by atoms with Crippen LogP contribution in [0.25, 0.3) is 0 Å². The Morgan fingerprint density at radius 3 is 2.93 bits per heavy atom. The lowest BCUT2D eigenvalue weighted by Crippen LogP contribution is -2.24. The van der Waals surface area contributed by atoms with Crippen LogP contribution in [0.1, 0.15) is 19.8 Å². The molecule has 0 spiro atoms. The normalized spacial score (nSPS) is 14.1. The molecule has 0 fully saturated rings. The molecule has 0 aromatic rings. The minimum atomic E-state index is -0.613. The Morgan fingerprint density at radius 2 is 2.36 bits per heavy atom. The van der Waals surface area contributed by atoms with E-state index >= 15 is 0 Å². The number of hydrogen-bond acceptors (Lipinski definition) is 4. The van der Waals surface area contributed by atoms with Crippen LogP contribution in [0, 0.1) is 0 Å². The van der Waals surface area contributed by atoms with E-state index in [-0.39, 0.29) is 5.88 Å². The third kappa shape index (κ3) is 3.34. The number of nitrogens with one attached hydrogen (secondary N) is 1. The highest BCUT2D eigenvalue weighted by Gasteiger charge is 2.12. The summed E-state index contributed by atoms with van der Waals surface area (Å²) in [5.74, 6) is -0.578. The summed E-state index contributed by atoms with van der Waals surface area (Å²) < 4.78 is 4.66. The van der Waals surface area contributed by atoms with E-state index in [0.29, 0.717) is 6.54 Å². The maximum Gasteiger partial charge on any atom is 0.413 e. The molecule has 0 aromatic carbocycles. The predicted octanol–water partition coefficient (Wildman–Crippen LogP) is 1.35. The molecule has 1 aliphatic rings. The zero-order chi connectivity index (χ0) is 10.4. The molecule has 1 aliphatic heterocycles. The maximum atomic E-state index is 11.0. The molecule has 14 heavy (non-hydrogen) atoms. The van der Waals surface area contributed by atoms with Gasteiger partial charge in [-0.1, -0.05) is 13.3 Å². The summed E-state index contributed by atoms with van der Waals surface area (Å²) in [6, 6.07) is 0. The number of carbonyl (C=O) groups is 2. The zero-order valence-corrected chi connectivity index (χ0v) is 7.82. The van der Waals surface area contributed by atoms with Crippen LogP contribution in [-0.2, 0) is 9.53 Å². The van der Waals surface area contributed by atoms with Gasteiger partial charge in [-0.15, -0.1) is 10.2 Å². The van der Waals surface area contributed by atoms with Gasteiger partial charge in [0.2, 0.25) is 5.88 Å². The maximum absolute atomic E-state index is 11.0. The van der Waals surface area contributed by atoms with Crippen LogP contribution < -0.4 is 5.32 Å². The Morgan fingerprint density at radius 1 is 1.57 bits per heavy atom. The number of ether oxygens (including phenoxy) is 1. The van der Waals surface area contributed by atoms with Gasteiger partial charge < -0.3 is 10.1 Å². The first kappa shape index (κ1) is 10.4. The van der Waals surface area contributed by atoms with Crippen LogP contribution in [-0.4, -0.2) is 18.5 Å². The quantitative estimate of drug-likeness (QED) is 0.690. The summed E-state index contributed by atoms with van der Waals surface area (Å²) in [6.45, 7) is 2.56. The molecule has 0 saturated heterocycles. The van der Waals surface area contributed by atoms with Gasteiger partial charge in [-0.25, -0.2) is 4.79 Å². The number of nitrogens with zero attached hydrogens (tertiary/aromatic N) is 2. The Kier molecular flexibility index (Phi) is 3.78. The summed E-state index contributed by atoms with van der Waals surface area (Å²) in [4.78, 5) is 21.5. The van der Waals surface area contributed by atoms with Crippen LogP contribution >= 0.6 is 0 Å². The van der Waals surface area contributed by atoms with E-state index in [1.54, 1.807) is 0 Å². The Labute approximate surface area is 81.0 Å². The number of unbranched alkanes of at least 4 members (excludes halogenated alkanes) is 1. The van der Waals surface area contributed by atoms with Gasteiger partial charge in [0, 0.05) is 6.54 Å². The molecule has 1 N–H and O–H groups in total. The SMILES string of the molecule is CCCCNC(=O)OC1=CC(=O)N=N1. The highest BCUT2D eigenvalue weighted by molar-refractivity contribution is 5.90. The first-order chi connectivity index (χ1) is 6.72. The molecule has 2 amide bonds. The van der Waals surface area contributed by atoms with Gasteiger partial charge >= 0.3 is 6.09 Å². The van der Waals surface area contributed by atoms with Gasteiger partial charge in [0.15, 0.2) is 0 Å². The number of azo groups is 1. The average molecular weight is 197 g/mol. The number of alkyl carbamates (subject to hydrolysis) is 1. The summed E-state index contributed by atoms with van der Waals surface area (Å²) in [6.07, 6.45) is 2.31. The molecule has 1 heterocycles. The number of carbonyl (C=O) groups excluding carboxylic acids is 2. The second-order valence-corrected chi connectivity index (χ2v) is 2.69. The summed E-state index contributed by atoms with van der Waals surface area (Å²) in [5, 5.41) is 9.00. The second-order valence-electron chi connectivity index (χ2n) is 2.69. The van der Waals surface area contributed by atoms with Crippen molar-refractivity contribution in [1.82, 2.24) is 5.32 Å². The van der Waals surface area contributed by atoms with Gasteiger partial charge in [-0.05, 0) is 6.42 Å². The molecule has 0 atom stereocenters. The largest absolute Gasteiger partial charge is 0.413 e. The third-order valence-electron chi connectivity index (χ3n) is 1.49. The van der Waals surface area contributed by atoms with Crippen LogP contribution in [0.3, 0.4) is 0 Å². The highest BCUT2D eigenvalue weighted by Crippen LogP contribution is 2.08. The molecule has 0 saturated carbocycles. The van der Waals surface area contributed by atoms with Crippen molar-refractivity contribution < 1.29 is 14.3 Å². The number of amides is 2. The molecular formula is C8H11N3O3. The summed E-state index contributed by atoms with van der Waals surface area (Å²) >= 11 is 0. The van der Waals surface area contributed by atoms with Crippen molar-refractivity contribution >= 4 is 12.0 Å². The van der Waals surface area contributed by atoms with Gasteiger partial charge in [0.25, 0.3) is 5.91 Å². The van der Waals surface area contributed by atoms with Crippen molar-refractivity contribution in [3.63, 3.8) is 0 Å². The van der Waals surface area contributed by atoms with Crippen molar-refractivity contribution in [2.24, 2.45) is 10.2 Å². The molecule has 0 bridgehead atoms. The van der Waals surface area contributed by atoms with Gasteiger partial charge in [-0.3, -0.25) is 4.79 Å². The fourth-order valence-corrected chi connectivity index (χ4v) is 0.810. The van der Waals surface area contributed by atoms with E-state index in [0.717, 1.165) is 18.9 Å². The lowest BCUT2D eigenvalue weighted by Gasteiger charge is -2.02. The minimum absolute atomic E-state index is 0.0657. The highest BCUT2D eigenvalue weighted by atomic mass is 16.6. The van der Waals surface area contributed by atoms with Gasteiger partial charge in [-0.2, -0.15) is 0 Å². The van der Waals surface area contributed by atoms with E-state index in [1.165, 1.54) is 0 Å². The molecule has 76 valence electrons. The molecule has 1 rings (SSSR count). The molecule has 0 aliphatic carbocycles. The molecule has 0 unspecified atom stereocenters. The molecule has 6 nitrogen and oxygen atoms in total. The monoisotopic (exact) mass is 197 g/mol. The minimum Gasteiger partial charge on any atom is -0.389 e. The third-order valence-corrected chi connectivity index (χ3v) is 1.49. The lowest BCUT2D eigenvalue weighted by atomic mass is 10.3. The topological polar surface area (TPSA) is 80.1 Å². The van der Waals surface area contributed by atoms with Crippen molar-refractivity contribution in [2.75, 3.05) is 6.54 Å². The average Bonchev–Trinajstić information content (AvgIpc) is 2.52.